The summed E-state index contributed by atoms with van der Waals surface area (Å²) in [6.45, 7) is 1.94. The average Bonchev–Trinajstić information content (AvgIpc) is 3.15. The Hall–Kier alpha value is -1.84. The standard InChI is InChI=1S/C13H16N2O2/c1-2-11(10-5-3-4-6-12(10)16)14-15-13(17)9-7-8-9/h3-6,9,16H,2,7-8H2,1H3,(H,15,17). The molecule has 1 amide bonds. The van der Waals surface area contributed by atoms with Gasteiger partial charge in [0.15, 0.2) is 0 Å². The zero-order valence-electron chi connectivity index (χ0n) is 9.81. The predicted molar refractivity (Wildman–Crippen MR) is 65.8 cm³/mol. The summed E-state index contributed by atoms with van der Waals surface area (Å²) in [5.41, 5.74) is 3.92. The topological polar surface area (TPSA) is 61.7 Å². The smallest absolute Gasteiger partial charge is 0.243 e. The maximum absolute atomic E-state index is 11.5. The number of aromatic hydroxyl groups is 1. The number of phenols is 1. The lowest BCUT2D eigenvalue weighted by molar-refractivity contribution is -0.122. The van der Waals surface area contributed by atoms with Crippen molar-refractivity contribution >= 4 is 11.6 Å². The van der Waals surface area contributed by atoms with Crippen molar-refractivity contribution in [1.82, 2.24) is 5.43 Å². The Morgan fingerprint density at radius 2 is 2.18 bits per heavy atom. The normalized spacial score (nSPS) is 15.7. The van der Waals surface area contributed by atoms with Gasteiger partial charge in [0.25, 0.3) is 0 Å². The fourth-order valence-corrected chi connectivity index (χ4v) is 1.61. The van der Waals surface area contributed by atoms with Crippen molar-refractivity contribution in [3.05, 3.63) is 29.8 Å². The lowest BCUT2D eigenvalue weighted by Crippen LogP contribution is -2.21. The van der Waals surface area contributed by atoms with E-state index in [1.807, 2.05) is 13.0 Å². The van der Waals surface area contributed by atoms with Crippen molar-refractivity contribution in [3.8, 4) is 5.75 Å². The molecule has 0 radical (unpaired) electrons. The summed E-state index contributed by atoms with van der Waals surface area (Å²) in [5.74, 6) is 0.307. The molecule has 1 aliphatic rings. The maximum Gasteiger partial charge on any atom is 0.243 e. The fourth-order valence-electron chi connectivity index (χ4n) is 1.61. The lowest BCUT2D eigenvalue weighted by atomic mass is 10.1. The maximum atomic E-state index is 11.5. The lowest BCUT2D eigenvalue weighted by Gasteiger charge is -2.06. The molecule has 0 spiro atoms. The Morgan fingerprint density at radius 3 is 2.76 bits per heavy atom. The van der Waals surface area contributed by atoms with E-state index < -0.39 is 0 Å². The molecule has 4 heteroatoms. The monoisotopic (exact) mass is 232 g/mol. The van der Waals surface area contributed by atoms with Gasteiger partial charge in [-0.15, -0.1) is 0 Å². The first kappa shape index (κ1) is 11.6. The van der Waals surface area contributed by atoms with Crippen LogP contribution < -0.4 is 5.43 Å². The van der Waals surface area contributed by atoms with Gasteiger partial charge in [-0.2, -0.15) is 5.10 Å². The van der Waals surface area contributed by atoms with E-state index in [0.29, 0.717) is 17.7 Å². The summed E-state index contributed by atoms with van der Waals surface area (Å²) in [6, 6.07) is 7.00. The molecule has 1 aliphatic carbocycles. The van der Waals surface area contributed by atoms with Crippen LogP contribution in [0.2, 0.25) is 0 Å². The van der Waals surface area contributed by atoms with Crippen LogP contribution in [0.5, 0.6) is 5.75 Å². The van der Waals surface area contributed by atoms with Crippen LogP contribution >= 0.6 is 0 Å². The Bertz CT molecular complexity index is 450. The minimum atomic E-state index is -0.0219. The molecule has 1 fully saturated rings. The van der Waals surface area contributed by atoms with E-state index in [9.17, 15) is 9.90 Å². The number of hydrazone groups is 1. The second kappa shape index (κ2) is 4.99. The Labute approximate surface area is 100 Å². The Morgan fingerprint density at radius 1 is 1.47 bits per heavy atom. The van der Waals surface area contributed by atoms with Gasteiger partial charge in [-0.3, -0.25) is 4.79 Å². The van der Waals surface area contributed by atoms with E-state index >= 15 is 0 Å². The van der Waals surface area contributed by atoms with E-state index in [1.54, 1.807) is 18.2 Å². The Balaban J connectivity index is 2.12. The van der Waals surface area contributed by atoms with Crippen LogP contribution in [0.1, 0.15) is 31.7 Å². The minimum Gasteiger partial charge on any atom is -0.507 e. The number of hydrogen-bond acceptors (Lipinski definition) is 3. The van der Waals surface area contributed by atoms with Gasteiger partial charge in [0.2, 0.25) is 5.91 Å². The van der Waals surface area contributed by atoms with Crippen LogP contribution in [-0.2, 0) is 4.79 Å². The quantitative estimate of drug-likeness (QED) is 0.616. The van der Waals surface area contributed by atoms with Crippen LogP contribution in [0.4, 0.5) is 0 Å². The van der Waals surface area contributed by atoms with E-state index in [2.05, 4.69) is 10.5 Å². The van der Waals surface area contributed by atoms with Gasteiger partial charge < -0.3 is 5.11 Å². The number of nitrogens with one attached hydrogen (secondary N) is 1. The zero-order chi connectivity index (χ0) is 12.3. The number of hydrogen-bond donors (Lipinski definition) is 2. The number of rotatable bonds is 4. The van der Waals surface area contributed by atoms with Gasteiger partial charge in [0.05, 0.1) is 5.71 Å². The van der Waals surface area contributed by atoms with Gasteiger partial charge in [0, 0.05) is 11.5 Å². The van der Waals surface area contributed by atoms with Crippen LogP contribution in [0.25, 0.3) is 0 Å². The third-order valence-electron chi connectivity index (χ3n) is 2.80. The third-order valence-corrected chi connectivity index (χ3v) is 2.80. The number of carbonyl (C=O) groups is 1. The van der Waals surface area contributed by atoms with Crippen molar-refractivity contribution in [2.75, 3.05) is 0 Å². The fraction of sp³-hybridized carbons (Fsp3) is 0.385. The van der Waals surface area contributed by atoms with Crippen molar-refractivity contribution in [2.24, 2.45) is 11.0 Å². The van der Waals surface area contributed by atoms with Crippen LogP contribution in [-0.4, -0.2) is 16.7 Å². The number of phenolic OH excluding ortho intramolecular Hbond substituents is 1. The largest absolute Gasteiger partial charge is 0.507 e. The van der Waals surface area contributed by atoms with E-state index in [1.165, 1.54) is 0 Å². The predicted octanol–water partition coefficient (Wildman–Crippen LogP) is 2.03. The number of benzene rings is 1. The Kier molecular flexibility index (Phi) is 3.42. The number of amides is 1. The summed E-state index contributed by atoms with van der Waals surface area (Å²) in [4.78, 5) is 11.5. The number of carbonyl (C=O) groups excluding carboxylic acids is 1. The van der Waals surface area contributed by atoms with Gasteiger partial charge in [-0.05, 0) is 31.4 Å². The first-order chi connectivity index (χ1) is 8.22. The van der Waals surface area contributed by atoms with E-state index in [0.717, 1.165) is 12.8 Å². The molecule has 1 saturated carbocycles. The van der Waals surface area contributed by atoms with Crippen molar-refractivity contribution in [2.45, 2.75) is 26.2 Å². The highest BCUT2D eigenvalue weighted by atomic mass is 16.3. The van der Waals surface area contributed by atoms with Crippen molar-refractivity contribution in [1.29, 1.82) is 0 Å². The summed E-state index contributed by atoms with van der Waals surface area (Å²) in [6.07, 6.45) is 2.57. The molecular formula is C13H16N2O2. The summed E-state index contributed by atoms with van der Waals surface area (Å²) < 4.78 is 0. The number of para-hydroxylation sites is 1. The first-order valence-corrected chi connectivity index (χ1v) is 5.87. The van der Waals surface area contributed by atoms with Crippen LogP contribution in [0.3, 0.4) is 0 Å². The first-order valence-electron chi connectivity index (χ1n) is 5.87. The summed E-state index contributed by atoms with van der Waals surface area (Å²) in [5, 5.41) is 13.8. The molecule has 0 heterocycles. The van der Waals surface area contributed by atoms with Crippen LogP contribution in [0.15, 0.2) is 29.4 Å². The van der Waals surface area contributed by atoms with Crippen molar-refractivity contribution < 1.29 is 9.90 Å². The van der Waals surface area contributed by atoms with Crippen LogP contribution in [0, 0.1) is 5.92 Å². The molecule has 0 atom stereocenters. The van der Waals surface area contributed by atoms with Gasteiger partial charge in [-0.25, -0.2) is 5.43 Å². The molecule has 2 rings (SSSR count). The SMILES string of the molecule is CCC(=NNC(=O)C1CC1)c1ccccc1O. The van der Waals surface area contributed by atoms with Crippen molar-refractivity contribution in [3.63, 3.8) is 0 Å². The average molecular weight is 232 g/mol. The molecule has 1 aromatic carbocycles. The summed E-state index contributed by atoms with van der Waals surface area (Å²) >= 11 is 0. The molecule has 2 N–H and O–H groups in total. The molecule has 4 nitrogen and oxygen atoms in total. The molecule has 17 heavy (non-hydrogen) atoms. The van der Waals surface area contributed by atoms with Gasteiger partial charge in [0.1, 0.15) is 5.75 Å². The van der Waals surface area contributed by atoms with Gasteiger partial charge in [-0.1, -0.05) is 19.1 Å². The minimum absolute atomic E-state index is 0.0219. The third kappa shape index (κ3) is 2.84. The highest BCUT2D eigenvalue weighted by molar-refractivity contribution is 6.03. The van der Waals surface area contributed by atoms with E-state index in [4.69, 9.17) is 0 Å². The second-order valence-corrected chi connectivity index (χ2v) is 4.18. The molecule has 0 saturated heterocycles. The molecule has 0 unspecified atom stereocenters. The molecule has 0 bridgehead atoms. The summed E-state index contributed by atoms with van der Waals surface area (Å²) in [7, 11) is 0. The molecule has 1 aromatic rings. The molecule has 0 aromatic heterocycles. The molecule has 90 valence electrons. The molecular weight excluding hydrogens is 216 g/mol. The number of nitrogens with zero attached hydrogens (tertiary/aromatic N) is 1. The second-order valence-electron chi connectivity index (χ2n) is 4.18. The van der Waals surface area contributed by atoms with Gasteiger partial charge >= 0.3 is 0 Å². The molecule has 0 aliphatic heterocycles. The highest BCUT2D eigenvalue weighted by Crippen LogP contribution is 2.28. The zero-order valence-corrected chi connectivity index (χ0v) is 9.81. The van der Waals surface area contributed by atoms with E-state index in [-0.39, 0.29) is 17.6 Å². The highest BCUT2D eigenvalue weighted by Gasteiger charge is 2.29.